The molecule has 3 amide bonds. The second-order valence-electron chi connectivity index (χ2n) is 7.19. The third-order valence-electron chi connectivity index (χ3n) is 5.25. The summed E-state index contributed by atoms with van der Waals surface area (Å²) in [6.07, 6.45) is 4.28. The molecule has 0 bridgehead atoms. The second-order valence-corrected chi connectivity index (χ2v) is 7.19. The van der Waals surface area contributed by atoms with Gasteiger partial charge in [0, 0.05) is 45.2 Å². The van der Waals surface area contributed by atoms with E-state index in [2.05, 4.69) is 5.32 Å². The fourth-order valence-electron chi connectivity index (χ4n) is 3.72. The maximum Gasteiger partial charge on any atom is 0.226 e. The van der Waals surface area contributed by atoms with Crippen LogP contribution in [0.15, 0.2) is 24.3 Å². The fraction of sp³-hybridized carbons (Fsp3) is 0.550. The number of benzene rings is 1. The fourth-order valence-corrected chi connectivity index (χ4v) is 3.72. The number of hydrogen-bond acceptors (Lipinski definition) is 3. The van der Waals surface area contributed by atoms with Gasteiger partial charge in [-0.1, -0.05) is 12.1 Å². The number of hydrogen-bond donors (Lipinski definition) is 1. The van der Waals surface area contributed by atoms with Gasteiger partial charge in [-0.05, 0) is 43.4 Å². The van der Waals surface area contributed by atoms with Crippen LogP contribution < -0.4 is 10.2 Å². The molecule has 1 N–H and O–H groups in total. The molecule has 26 heavy (non-hydrogen) atoms. The molecule has 0 saturated carbocycles. The van der Waals surface area contributed by atoms with Crippen LogP contribution in [-0.2, 0) is 20.9 Å². The first-order valence-corrected chi connectivity index (χ1v) is 9.47. The van der Waals surface area contributed by atoms with Crippen molar-refractivity contribution in [1.82, 2.24) is 10.2 Å². The van der Waals surface area contributed by atoms with Crippen molar-refractivity contribution in [2.75, 3.05) is 24.5 Å². The molecule has 0 aromatic heterocycles. The first-order chi connectivity index (χ1) is 12.5. The molecular formula is C20H27N3O3. The minimum Gasteiger partial charge on any atom is -0.352 e. The highest BCUT2D eigenvalue weighted by atomic mass is 16.2. The van der Waals surface area contributed by atoms with Gasteiger partial charge in [-0.25, -0.2) is 0 Å². The topological polar surface area (TPSA) is 69.7 Å². The number of anilines is 1. The van der Waals surface area contributed by atoms with Gasteiger partial charge in [-0.15, -0.1) is 0 Å². The summed E-state index contributed by atoms with van der Waals surface area (Å²) in [5, 5.41) is 2.99. The number of likely N-dealkylation sites (tertiary alicyclic amines) is 1. The van der Waals surface area contributed by atoms with Crippen LogP contribution in [0.1, 0.15) is 44.6 Å². The zero-order chi connectivity index (χ0) is 18.5. The number of carbonyl (C=O) groups is 3. The van der Waals surface area contributed by atoms with Gasteiger partial charge >= 0.3 is 0 Å². The van der Waals surface area contributed by atoms with Crippen molar-refractivity contribution in [3.63, 3.8) is 0 Å². The average Bonchev–Trinajstić information content (AvgIpc) is 2.67. The van der Waals surface area contributed by atoms with Crippen molar-refractivity contribution in [2.24, 2.45) is 5.92 Å². The minimum absolute atomic E-state index is 0.00426. The highest BCUT2D eigenvalue weighted by Crippen LogP contribution is 2.22. The van der Waals surface area contributed by atoms with Gasteiger partial charge in [0.2, 0.25) is 17.7 Å². The van der Waals surface area contributed by atoms with Crippen molar-refractivity contribution in [3.8, 4) is 0 Å². The molecule has 6 nitrogen and oxygen atoms in total. The summed E-state index contributed by atoms with van der Waals surface area (Å²) in [6.45, 7) is 3.99. The molecular weight excluding hydrogens is 330 g/mol. The van der Waals surface area contributed by atoms with Crippen molar-refractivity contribution in [3.05, 3.63) is 29.8 Å². The molecule has 2 aliphatic rings. The lowest BCUT2D eigenvalue weighted by Crippen LogP contribution is -2.44. The normalized spacial score (nSPS) is 20.8. The molecule has 2 heterocycles. The lowest BCUT2D eigenvalue weighted by Gasteiger charge is -2.31. The van der Waals surface area contributed by atoms with Crippen LogP contribution in [-0.4, -0.2) is 42.3 Å². The Morgan fingerprint density at radius 1 is 1.19 bits per heavy atom. The predicted molar refractivity (Wildman–Crippen MR) is 99.5 cm³/mol. The monoisotopic (exact) mass is 357 g/mol. The van der Waals surface area contributed by atoms with Gasteiger partial charge in [0.05, 0.1) is 5.92 Å². The van der Waals surface area contributed by atoms with Gasteiger partial charge in [0.15, 0.2) is 0 Å². The summed E-state index contributed by atoms with van der Waals surface area (Å²) in [5.41, 5.74) is 1.88. The molecule has 0 unspecified atom stereocenters. The second kappa shape index (κ2) is 8.34. The van der Waals surface area contributed by atoms with E-state index >= 15 is 0 Å². The van der Waals surface area contributed by atoms with E-state index in [0.29, 0.717) is 19.5 Å². The van der Waals surface area contributed by atoms with Gasteiger partial charge < -0.3 is 15.1 Å². The summed E-state index contributed by atoms with van der Waals surface area (Å²) < 4.78 is 0. The van der Waals surface area contributed by atoms with Crippen LogP contribution >= 0.6 is 0 Å². The van der Waals surface area contributed by atoms with Crippen LogP contribution in [0.25, 0.3) is 0 Å². The summed E-state index contributed by atoms with van der Waals surface area (Å²) in [6, 6.07) is 7.81. The summed E-state index contributed by atoms with van der Waals surface area (Å²) in [5.74, 6) is 0.0558. The van der Waals surface area contributed by atoms with E-state index in [-0.39, 0.29) is 23.6 Å². The lowest BCUT2D eigenvalue weighted by atomic mass is 9.97. The summed E-state index contributed by atoms with van der Waals surface area (Å²) in [4.78, 5) is 39.7. The average molecular weight is 357 g/mol. The number of amides is 3. The molecule has 2 aliphatic heterocycles. The first kappa shape index (κ1) is 18.4. The van der Waals surface area contributed by atoms with Crippen molar-refractivity contribution >= 4 is 23.4 Å². The smallest absolute Gasteiger partial charge is 0.226 e. The third kappa shape index (κ3) is 4.42. The molecule has 1 aromatic rings. The zero-order valence-electron chi connectivity index (χ0n) is 15.4. The van der Waals surface area contributed by atoms with Crippen LogP contribution in [0.4, 0.5) is 5.69 Å². The predicted octanol–water partition coefficient (Wildman–Crippen LogP) is 2.08. The Morgan fingerprint density at radius 3 is 2.81 bits per heavy atom. The van der Waals surface area contributed by atoms with E-state index in [0.717, 1.165) is 50.0 Å². The van der Waals surface area contributed by atoms with Crippen molar-refractivity contribution in [2.45, 2.75) is 45.6 Å². The van der Waals surface area contributed by atoms with E-state index in [1.165, 1.54) is 0 Å². The molecule has 1 atom stereocenters. The minimum atomic E-state index is -0.139. The standard InChI is InChI=1S/C20H27N3O3/c1-15(24)22-10-5-7-17(14-22)20(26)21-13-16-6-4-8-18(12-16)23-11-3-2-9-19(23)25/h4,6,8,12,17H,2-3,5,7,9-11,13-14H2,1H3,(H,21,26)/t17-/m1/s1. The van der Waals surface area contributed by atoms with E-state index in [4.69, 9.17) is 0 Å². The van der Waals surface area contributed by atoms with Gasteiger partial charge in [-0.3, -0.25) is 14.4 Å². The molecule has 1 aromatic carbocycles. The number of rotatable bonds is 4. The first-order valence-electron chi connectivity index (χ1n) is 9.47. The van der Waals surface area contributed by atoms with E-state index in [9.17, 15) is 14.4 Å². The number of nitrogens with zero attached hydrogens (tertiary/aromatic N) is 2. The number of carbonyl (C=O) groups excluding carboxylic acids is 3. The van der Waals surface area contributed by atoms with Crippen molar-refractivity contribution < 1.29 is 14.4 Å². The molecule has 2 fully saturated rings. The lowest BCUT2D eigenvalue weighted by molar-refractivity contribution is -0.134. The maximum absolute atomic E-state index is 12.5. The molecule has 140 valence electrons. The summed E-state index contributed by atoms with van der Waals surface area (Å²) in [7, 11) is 0. The van der Waals surface area contributed by atoms with Crippen LogP contribution in [0.2, 0.25) is 0 Å². The van der Waals surface area contributed by atoms with E-state index in [1.54, 1.807) is 11.8 Å². The number of piperidine rings is 2. The quantitative estimate of drug-likeness (QED) is 0.897. The van der Waals surface area contributed by atoms with E-state index < -0.39 is 0 Å². The van der Waals surface area contributed by atoms with Crippen LogP contribution in [0.3, 0.4) is 0 Å². The Balaban J connectivity index is 1.57. The molecule has 3 rings (SSSR count). The Kier molecular flexibility index (Phi) is 5.91. The van der Waals surface area contributed by atoms with Gasteiger partial charge in [-0.2, -0.15) is 0 Å². The Bertz CT molecular complexity index is 689. The summed E-state index contributed by atoms with van der Waals surface area (Å²) >= 11 is 0. The Morgan fingerprint density at radius 2 is 2.04 bits per heavy atom. The molecule has 0 radical (unpaired) electrons. The Hall–Kier alpha value is -2.37. The van der Waals surface area contributed by atoms with Gasteiger partial charge in [0.1, 0.15) is 0 Å². The molecule has 6 heteroatoms. The highest BCUT2D eigenvalue weighted by molar-refractivity contribution is 5.94. The van der Waals surface area contributed by atoms with Crippen LogP contribution in [0.5, 0.6) is 0 Å². The zero-order valence-corrected chi connectivity index (χ0v) is 15.4. The van der Waals surface area contributed by atoms with Gasteiger partial charge in [0.25, 0.3) is 0 Å². The Labute approximate surface area is 154 Å². The number of nitrogens with one attached hydrogen (secondary N) is 1. The highest BCUT2D eigenvalue weighted by Gasteiger charge is 2.26. The van der Waals surface area contributed by atoms with E-state index in [1.807, 2.05) is 29.2 Å². The maximum atomic E-state index is 12.5. The van der Waals surface area contributed by atoms with Crippen molar-refractivity contribution in [1.29, 1.82) is 0 Å². The molecule has 2 saturated heterocycles. The SMILES string of the molecule is CC(=O)N1CCC[C@@H](C(=O)NCc2cccc(N3CCCCC3=O)c2)C1. The largest absolute Gasteiger partial charge is 0.352 e. The molecule has 0 spiro atoms. The molecule has 0 aliphatic carbocycles. The van der Waals surface area contributed by atoms with Crippen LogP contribution in [0, 0.1) is 5.92 Å². The third-order valence-corrected chi connectivity index (χ3v) is 5.25.